The average molecular weight is 725 g/mol. The molecule has 1 aliphatic rings. The number of fused-ring (bicyclic) bond motifs is 1. The highest BCUT2D eigenvalue weighted by atomic mass is 35.5. The van der Waals surface area contributed by atoms with E-state index in [4.69, 9.17) is 35.8 Å². The molecular formula is C41H33ClN6O5. The summed E-state index contributed by atoms with van der Waals surface area (Å²) in [4.78, 5) is 45.0. The number of hydrogen-bond donors (Lipinski definition) is 0. The number of aryl methyl sites for hydroxylation is 2. The van der Waals surface area contributed by atoms with Crippen LogP contribution in [0.3, 0.4) is 0 Å². The van der Waals surface area contributed by atoms with Gasteiger partial charge in [0.15, 0.2) is 17.0 Å². The molecule has 4 aromatic carbocycles. The first-order valence-corrected chi connectivity index (χ1v) is 17.5. The molecule has 11 nitrogen and oxygen atoms in total. The van der Waals surface area contributed by atoms with E-state index in [0.29, 0.717) is 28.1 Å². The summed E-state index contributed by atoms with van der Waals surface area (Å²) in [7, 11) is 0. The fraction of sp³-hybridized carbons (Fsp3) is 0.171. The van der Waals surface area contributed by atoms with E-state index in [0.717, 1.165) is 33.6 Å². The summed E-state index contributed by atoms with van der Waals surface area (Å²) in [5.74, 6) is -0.599. The van der Waals surface area contributed by atoms with Crippen LogP contribution in [0.15, 0.2) is 122 Å². The molecule has 3 aromatic heterocycles. The highest BCUT2D eigenvalue weighted by Crippen LogP contribution is 2.37. The number of ether oxygens (including phenoxy) is 3. The molecular weight excluding hydrogens is 692 g/mol. The second-order valence-electron chi connectivity index (χ2n) is 12.8. The second kappa shape index (κ2) is 14.5. The van der Waals surface area contributed by atoms with Gasteiger partial charge in [0.25, 0.3) is 0 Å². The van der Waals surface area contributed by atoms with Gasteiger partial charge in [-0.15, -0.1) is 0 Å². The van der Waals surface area contributed by atoms with Gasteiger partial charge in [0.1, 0.15) is 31.4 Å². The number of nitrogens with zero attached hydrogens (tertiary/aromatic N) is 6. The normalized spacial score (nSPS) is 16.8. The Balaban J connectivity index is 1.14. The lowest BCUT2D eigenvalue weighted by Gasteiger charge is -2.19. The lowest BCUT2D eigenvalue weighted by Crippen LogP contribution is -2.32. The van der Waals surface area contributed by atoms with Crippen LogP contribution in [0.5, 0.6) is 0 Å². The van der Waals surface area contributed by atoms with Crippen molar-refractivity contribution in [2.45, 2.75) is 38.7 Å². The topological polar surface area (TPSA) is 123 Å². The Bertz CT molecular complexity index is 2410. The quantitative estimate of drug-likeness (QED) is 0.108. The molecule has 12 heteroatoms. The van der Waals surface area contributed by atoms with E-state index in [1.807, 2.05) is 103 Å². The van der Waals surface area contributed by atoms with Crippen molar-refractivity contribution < 1.29 is 23.8 Å². The van der Waals surface area contributed by atoms with Crippen LogP contribution < -0.4 is 0 Å². The van der Waals surface area contributed by atoms with Crippen molar-refractivity contribution in [3.8, 4) is 28.3 Å². The zero-order valence-corrected chi connectivity index (χ0v) is 29.6. The lowest BCUT2D eigenvalue weighted by molar-refractivity contribution is -0.0563. The fourth-order valence-electron chi connectivity index (χ4n) is 6.41. The van der Waals surface area contributed by atoms with Gasteiger partial charge >= 0.3 is 11.9 Å². The molecule has 1 saturated heterocycles. The predicted octanol–water partition coefficient (Wildman–Crippen LogP) is 7.99. The summed E-state index contributed by atoms with van der Waals surface area (Å²) < 4.78 is 21.8. The van der Waals surface area contributed by atoms with E-state index >= 15 is 0 Å². The first-order valence-electron chi connectivity index (χ1n) is 17.1. The summed E-state index contributed by atoms with van der Waals surface area (Å²) in [5, 5.41) is -0.00727. The molecule has 0 spiro atoms. The van der Waals surface area contributed by atoms with E-state index in [1.54, 1.807) is 41.5 Å². The van der Waals surface area contributed by atoms with Crippen LogP contribution in [0.2, 0.25) is 5.28 Å². The number of imidazole rings is 2. The molecule has 0 saturated carbocycles. The molecule has 0 aliphatic carbocycles. The van der Waals surface area contributed by atoms with Crippen LogP contribution >= 0.6 is 11.6 Å². The molecule has 3 atom stereocenters. The number of esters is 2. The molecule has 264 valence electrons. The van der Waals surface area contributed by atoms with Gasteiger partial charge in [-0.25, -0.2) is 19.6 Å². The van der Waals surface area contributed by atoms with Gasteiger partial charge in [-0.1, -0.05) is 96.1 Å². The molecule has 1 fully saturated rings. The molecule has 4 heterocycles. The number of benzene rings is 4. The second-order valence-corrected chi connectivity index (χ2v) is 13.2. The van der Waals surface area contributed by atoms with E-state index in [2.05, 4.69) is 9.97 Å². The third-order valence-electron chi connectivity index (χ3n) is 9.17. The van der Waals surface area contributed by atoms with Crippen molar-refractivity contribution in [2.75, 3.05) is 6.61 Å². The Labute approximate surface area is 309 Å². The molecule has 0 bridgehead atoms. The Morgan fingerprint density at radius 2 is 1.40 bits per heavy atom. The Kier molecular flexibility index (Phi) is 9.26. The smallest absolute Gasteiger partial charge is 0.338 e. The largest absolute Gasteiger partial charge is 0.459 e. The number of carbonyl (C=O) groups is 2. The van der Waals surface area contributed by atoms with Crippen LogP contribution in [0.1, 0.15) is 44.5 Å². The maximum atomic E-state index is 13.3. The van der Waals surface area contributed by atoms with E-state index in [9.17, 15) is 9.59 Å². The summed E-state index contributed by atoms with van der Waals surface area (Å²) in [6.07, 6.45) is 1.28. The highest BCUT2D eigenvalue weighted by Gasteiger charge is 2.41. The van der Waals surface area contributed by atoms with Gasteiger partial charge < -0.3 is 14.2 Å². The van der Waals surface area contributed by atoms with Gasteiger partial charge in [-0.2, -0.15) is 9.97 Å². The molecule has 1 aliphatic heterocycles. The Morgan fingerprint density at radius 1 is 0.774 bits per heavy atom. The van der Waals surface area contributed by atoms with Crippen molar-refractivity contribution >= 4 is 34.7 Å². The van der Waals surface area contributed by atoms with Gasteiger partial charge in [0, 0.05) is 17.5 Å². The average Bonchev–Trinajstić information content (AvgIpc) is 3.92. The van der Waals surface area contributed by atoms with Gasteiger partial charge in [0.2, 0.25) is 5.28 Å². The molecule has 8 rings (SSSR count). The maximum Gasteiger partial charge on any atom is 0.338 e. The predicted molar refractivity (Wildman–Crippen MR) is 199 cm³/mol. The van der Waals surface area contributed by atoms with E-state index < -0.39 is 30.4 Å². The minimum absolute atomic E-state index is 0.00727. The fourth-order valence-corrected chi connectivity index (χ4v) is 6.57. The van der Waals surface area contributed by atoms with Crippen molar-refractivity contribution in [1.29, 1.82) is 0 Å². The number of carbonyl (C=O) groups excluding carboxylic acids is 2. The standard InChI is InChI=1S/C41H33ClN6O5/c1-25-13-17-29(18-14-25)39(49)51-22-32-31(53-40(50)30-19-15-26(2)16-20-30)21-33(52-32)47-23-44-35-37(47)45-41(42)46-38(35)48-24-43-34(27-9-5-3-6-10-27)36(48)28-11-7-4-8-12-28/h3-20,23-24,31-33H,21-22H2,1-2H3/t31-,32+,33-/m0/s1. The molecule has 0 amide bonds. The van der Waals surface area contributed by atoms with Crippen molar-refractivity contribution in [1.82, 2.24) is 29.1 Å². The summed E-state index contributed by atoms with van der Waals surface area (Å²) in [5.41, 5.74) is 7.12. The zero-order chi connectivity index (χ0) is 36.5. The first kappa shape index (κ1) is 33.9. The highest BCUT2D eigenvalue weighted by molar-refractivity contribution is 6.28. The minimum Gasteiger partial charge on any atom is -0.459 e. The van der Waals surface area contributed by atoms with E-state index in [-0.39, 0.29) is 18.3 Å². The summed E-state index contributed by atoms with van der Waals surface area (Å²) >= 11 is 6.62. The van der Waals surface area contributed by atoms with Crippen molar-refractivity contribution in [3.05, 3.63) is 149 Å². The number of rotatable bonds is 9. The summed E-state index contributed by atoms with van der Waals surface area (Å²) in [6.45, 7) is 3.73. The Morgan fingerprint density at radius 3 is 2.06 bits per heavy atom. The first-order chi connectivity index (χ1) is 25.8. The van der Waals surface area contributed by atoms with Crippen LogP contribution in [0, 0.1) is 13.8 Å². The number of aromatic nitrogens is 6. The lowest BCUT2D eigenvalue weighted by atomic mass is 10.0. The van der Waals surface area contributed by atoms with Crippen LogP contribution in [-0.4, -0.2) is 59.8 Å². The molecule has 0 N–H and O–H groups in total. The molecule has 0 radical (unpaired) electrons. The van der Waals surface area contributed by atoms with Crippen molar-refractivity contribution in [3.63, 3.8) is 0 Å². The number of hydrogen-bond acceptors (Lipinski definition) is 9. The molecule has 53 heavy (non-hydrogen) atoms. The minimum atomic E-state index is -0.787. The third kappa shape index (κ3) is 6.92. The summed E-state index contributed by atoms with van der Waals surface area (Å²) in [6, 6.07) is 34.0. The van der Waals surface area contributed by atoms with Gasteiger partial charge in [0.05, 0.1) is 28.8 Å². The number of halogens is 1. The van der Waals surface area contributed by atoms with Gasteiger partial charge in [-0.3, -0.25) is 9.13 Å². The van der Waals surface area contributed by atoms with Crippen molar-refractivity contribution in [2.24, 2.45) is 0 Å². The molecule has 7 aromatic rings. The third-order valence-corrected chi connectivity index (χ3v) is 9.34. The van der Waals surface area contributed by atoms with Gasteiger partial charge in [-0.05, 0) is 49.7 Å². The van der Waals surface area contributed by atoms with Crippen LogP contribution in [-0.2, 0) is 14.2 Å². The maximum absolute atomic E-state index is 13.3. The zero-order valence-electron chi connectivity index (χ0n) is 28.8. The Hall–Kier alpha value is -6.17. The van der Waals surface area contributed by atoms with E-state index in [1.165, 1.54) is 0 Å². The monoisotopic (exact) mass is 724 g/mol. The SMILES string of the molecule is Cc1ccc(C(=O)OC[C@H]2O[C@H](n3cnc4c(-n5cnc(-c6ccccc6)c5-c5ccccc5)nc(Cl)nc43)C[C@@H]2OC(=O)c2ccc(C)cc2)cc1. The molecule has 0 unspecified atom stereocenters. The van der Waals surface area contributed by atoms with Crippen LogP contribution in [0.25, 0.3) is 39.5 Å². The van der Waals surface area contributed by atoms with Crippen LogP contribution in [0.4, 0.5) is 0 Å².